The predicted octanol–water partition coefficient (Wildman–Crippen LogP) is 0.531. The number of hydrogen-bond donors (Lipinski definition) is 3. The van der Waals surface area contributed by atoms with Crippen LogP contribution in [0, 0.1) is 6.92 Å². The van der Waals surface area contributed by atoms with Crippen molar-refractivity contribution in [3.63, 3.8) is 0 Å². The van der Waals surface area contributed by atoms with Gasteiger partial charge in [0.05, 0.1) is 0 Å². The van der Waals surface area contributed by atoms with E-state index in [1.807, 2.05) is 0 Å². The van der Waals surface area contributed by atoms with E-state index in [9.17, 15) is 19.2 Å². The number of ketones is 1. The van der Waals surface area contributed by atoms with Gasteiger partial charge in [0.2, 0.25) is 5.91 Å². The molecule has 23 heavy (non-hydrogen) atoms. The summed E-state index contributed by atoms with van der Waals surface area (Å²) in [5.41, 5.74) is 1.68. The first kappa shape index (κ1) is 16.7. The van der Waals surface area contributed by atoms with E-state index in [-0.39, 0.29) is 24.3 Å². The summed E-state index contributed by atoms with van der Waals surface area (Å²) in [4.78, 5) is 46.2. The van der Waals surface area contributed by atoms with Gasteiger partial charge in [-0.3, -0.25) is 19.2 Å². The van der Waals surface area contributed by atoms with E-state index in [4.69, 9.17) is 0 Å². The molecule has 0 saturated carbocycles. The highest BCUT2D eigenvalue weighted by Crippen LogP contribution is 2.15. The number of hydrogen-bond acceptors (Lipinski definition) is 4. The van der Waals surface area contributed by atoms with Crippen LogP contribution in [0.2, 0.25) is 0 Å². The first-order valence-corrected chi connectivity index (χ1v) is 7.37. The van der Waals surface area contributed by atoms with E-state index in [1.165, 1.54) is 6.92 Å². The standard InChI is InChI=1S/C16H19N3O4/c1-9-3-4-11(7-13(9)10(2)20)19-16(23)15(22)17-8-12-5-6-14(21)18-12/h3-4,7,12H,5-6,8H2,1-2H3,(H,17,22)(H,18,21)(H,19,23)/t12-/m0/s1. The van der Waals surface area contributed by atoms with Crippen LogP contribution < -0.4 is 16.0 Å². The van der Waals surface area contributed by atoms with Crippen molar-refractivity contribution in [2.75, 3.05) is 11.9 Å². The van der Waals surface area contributed by atoms with Crippen LogP contribution in [0.1, 0.15) is 35.7 Å². The highest BCUT2D eigenvalue weighted by atomic mass is 16.2. The molecule has 1 aromatic carbocycles. The molecule has 1 saturated heterocycles. The summed E-state index contributed by atoms with van der Waals surface area (Å²) in [6.45, 7) is 3.45. The number of benzene rings is 1. The molecular formula is C16H19N3O4. The Balaban J connectivity index is 1.90. The van der Waals surface area contributed by atoms with Gasteiger partial charge in [0.15, 0.2) is 5.78 Å². The van der Waals surface area contributed by atoms with E-state index < -0.39 is 11.8 Å². The zero-order valence-electron chi connectivity index (χ0n) is 13.1. The molecule has 122 valence electrons. The number of carbonyl (C=O) groups excluding carboxylic acids is 4. The van der Waals surface area contributed by atoms with Crippen LogP contribution in [0.4, 0.5) is 5.69 Å². The van der Waals surface area contributed by atoms with Crippen molar-refractivity contribution in [2.45, 2.75) is 32.7 Å². The van der Waals surface area contributed by atoms with Gasteiger partial charge < -0.3 is 16.0 Å². The van der Waals surface area contributed by atoms with E-state index in [1.54, 1.807) is 25.1 Å². The Kier molecular flexibility index (Phi) is 5.10. The summed E-state index contributed by atoms with van der Waals surface area (Å²) >= 11 is 0. The fraction of sp³-hybridized carbons (Fsp3) is 0.375. The summed E-state index contributed by atoms with van der Waals surface area (Å²) in [5.74, 6) is -1.76. The van der Waals surface area contributed by atoms with E-state index >= 15 is 0 Å². The maximum Gasteiger partial charge on any atom is 0.313 e. The molecule has 1 aliphatic rings. The van der Waals surface area contributed by atoms with E-state index in [0.717, 1.165) is 5.56 Å². The maximum absolute atomic E-state index is 11.9. The molecule has 0 unspecified atom stereocenters. The molecule has 0 spiro atoms. The molecule has 1 heterocycles. The zero-order chi connectivity index (χ0) is 17.0. The minimum atomic E-state index is -0.812. The van der Waals surface area contributed by atoms with Crippen molar-refractivity contribution >= 4 is 29.2 Å². The Bertz CT molecular complexity index is 669. The fourth-order valence-corrected chi connectivity index (χ4v) is 2.39. The van der Waals surface area contributed by atoms with Crippen molar-refractivity contribution in [2.24, 2.45) is 0 Å². The first-order valence-electron chi connectivity index (χ1n) is 7.37. The van der Waals surface area contributed by atoms with Crippen molar-refractivity contribution in [3.8, 4) is 0 Å². The normalized spacial score (nSPS) is 16.6. The number of anilines is 1. The monoisotopic (exact) mass is 317 g/mol. The molecule has 7 nitrogen and oxygen atoms in total. The number of amides is 3. The smallest absolute Gasteiger partial charge is 0.313 e. The molecule has 3 amide bonds. The third kappa shape index (κ3) is 4.38. The predicted molar refractivity (Wildman–Crippen MR) is 84.0 cm³/mol. The summed E-state index contributed by atoms with van der Waals surface area (Å²) in [6.07, 6.45) is 1.07. The Morgan fingerprint density at radius 2 is 2.00 bits per heavy atom. The molecule has 7 heteroatoms. The summed E-state index contributed by atoms with van der Waals surface area (Å²) < 4.78 is 0. The number of aryl methyl sites for hydroxylation is 1. The van der Waals surface area contributed by atoms with Crippen LogP contribution in [0.15, 0.2) is 18.2 Å². The Morgan fingerprint density at radius 3 is 2.61 bits per heavy atom. The van der Waals surface area contributed by atoms with Gasteiger partial charge in [0, 0.05) is 30.3 Å². The van der Waals surface area contributed by atoms with Gasteiger partial charge in [0.25, 0.3) is 0 Å². The van der Waals surface area contributed by atoms with Crippen LogP contribution >= 0.6 is 0 Å². The fourth-order valence-electron chi connectivity index (χ4n) is 2.39. The molecular weight excluding hydrogens is 298 g/mol. The molecule has 1 fully saturated rings. The van der Waals surface area contributed by atoms with E-state index in [2.05, 4.69) is 16.0 Å². The molecule has 0 bridgehead atoms. The van der Waals surface area contributed by atoms with Gasteiger partial charge in [-0.1, -0.05) is 6.07 Å². The highest BCUT2D eigenvalue weighted by molar-refractivity contribution is 6.39. The molecule has 1 atom stereocenters. The van der Waals surface area contributed by atoms with Gasteiger partial charge in [0.1, 0.15) is 0 Å². The second-order valence-corrected chi connectivity index (χ2v) is 5.55. The Labute approximate surface area is 133 Å². The van der Waals surface area contributed by atoms with Crippen LogP contribution in [0.3, 0.4) is 0 Å². The number of nitrogens with one attached hydrogen (secondary N) is 3. The molecule has 1 aromatic rings. The number of Topliss-reactive ketones (excluding diaryl/α,β-unsaturated/α-hetero) is 1. The van der Waals surface area contributed by atoms with Crippen molar-refractivity contribution in [1.29, 1.82) is 0 Å². The molecule has 3 N–H and O–H groups in total. The molecule has 0 radical (unpaired) electrons. The largest absolute Gasteiger partial charge is 0.352 e. The number of carbonyl (C=O) groups is 4. The maximum atomic E-state index is 11.9. The topological polar surface area (TPSA) is 104 Å². The summed E-state index contributed by atoms with van der Waals surface area (Å²) in [7, 11) is 0. The van der Waals surface area contributed by atoms with Crippen molar-refractivity contribution < 1.29 is 19.2 Å². The molecule has 2 rings (SSSR count). The van der Waals surface area contributed by atoms with Gasteiger partial charge in [-0.25, -0.2) is 0 Å². The van der Waals surface area contributed by atoms with Gasteiger partial charge >= 0.3 is 11.8 Å². The third-order valence-corrected chi connectivity index (χ3v) is 3.67. The molecule has 0 aliphatic carbocycles. The van der Waals surface area contributed by atoms with Crippen LogP contribution in [-0.2, 0) is 14.4 Å². The average molecular weight is 317 g/mol. The minimum absolute atomic E-state index is 0.0508. The van der Waals surface area contributed by atoms with E-state index in [0.29, 0.717) is 24.1 Å². The minimum Gasteiger partial charge on any atom is -0.352 e. The second kappa shape index (κ2) is 7.04. The zero-order valence-corrected chi connectivity index (χ0v) is 13.1. The van der Waals surface area contributed by atoms with Gasteiger partial charge in [-0.2, -0.15) is 0 Å². The second-order valence-electron chi connectivity index (χ2n) is 5.55. The Hall–Kier alpha value is -2.70. The number of rotatable bonds is 4. The van der Waals surface area contributed by atoms with Crippen LogP contribution in [0.25, 0.3) is 0 Å². The summed E-state index contributed by atoms with van der Waals surface area (Å²) in [5, 5.41) is 7.64. The van der Waals surface area contributed by atoms with Gasteiger partial charge in [-0.15, -0.1) is 0 Å². The Morgan fingerprint density at radius 1 is 1.26 bits per heavy atom. The van der Waals surface area contributed by atoms with Crippen LogP contribution in [-0.4, -0.2) is 36.1 Å². The first-order chi connectivity index (χ1) is 10.9. The lowest BCUT2D eigenvalue weighted by atomic mass is 10.0. The SMILES string of the molecule is CC(=O)c1cc(NC(=O)C(=O)NC[C@@H]2CCC(=O)N2)ccc1C. The summed E-state index contributed by atoms with van der Waals surface area (Å²) in [6, 6.07) is 4.74. The quantitative estimate of drug-likeness (QED) is 0.556. The van der Waals surface area contributed by atoms with Crippen LogP contribution in [0.5, 0.6) is 0 Å². The molecule has 1 aliphatic heterocycles. The molecule has 0 aromatic heterocycles. The lowest BCUT2D eigenvalue weighted by Gasteiger charge is -2.12. The highest BCUT2D eigenvalue weighted by Gasteiger charge is 2.22. The van der Waals surface area contributed by atoms with Crippen molar-refractivity contribution in [1.82, 2.24) is 10.6 Å². The lowest BCUT2D eigenvalue weighted by Crippen LogP contribution is -2.42. The van der Waals surface area contributed by atoms with Gasteiger partial charge in [-0.05, 0) is 38.0 Å². The third-order valence-electron chi connectivity index (χ3n) is 3.67. The average Bonchev–Trinajstić information content (AvgIpc) is 2.92. The van der Waals surface area contributed by atoms with Crippen molar-refractivity contribution in [3.05, 3.63) is 29.3 Å². The lowest BCUT2D eigenvalue weighted by molar-refractivity contribution is -0.136.